The quantitative estimate of drug-likeness (QED) is 0.817. The number of nitrogens with zero attached hydrogens (tertiary/aromatic N) is 1. The predicted molar refractivity (Wildman–Crippen MR) is 60.4 cm³/mol. The van der Waals surface area contributed by atoms with Gasteiger partial charge in [-0.2, -0.15) is 5.10 Å². The smallest absolute Gasteiger partial charge is 0.166 e. The highest BCUT2D eigenvalue weighted by Gasteiger charge is 2.27. The average molecular weight is 230 g/mol. The van der Waals surface area contributed by atoms with Crippen LogP contribution in [0.3, 0.4) is 0 Å². The number of hydrogen-bond acceptors (Lipinski definition) is 2. The zero-order chi connectivity index (χ0) is 11.8. The van der Waals surface area contributed by atoms with E-state index < -0.39 is 0 Å². The fourth-order valence-electron chi connectivity index (χ4n) is 2.33. The lowest BCUT2D eigenvalue weighted by Crippen LogP contribution is -2.17. The predicted octanol–water partition coefficient (Wildman–Crippen LogP) is 2.46. The second kappa shape index (κ2) is 3.80. The molecule has 1 aromatic carbocycles. The molecule has 4 heteroatoms. The summed E-state index contributed by atoms with van der Waals surface area (Å²) in [6.07, 6.45) is 2.81. The number of benzene rings is 1. The first-order valence-corrected chi connectivity index (χ1v) is 5.55. The van der Waals surface area contributed by atoms with E-state index in [9.17, 15) is 9.18 Å². The molecule has 1 aliphatic rings. The summed E-state index contributed by atoms with van der Waals surface area (Å²) >= 11 is 0. The van der Waals surface area contributed by atoms with Crippen molar-refractivity contribution >= 4 is 5.78 Å². The Balaban J connectivity index is 1.93. The number of aromatic amines is 1. The van der Waals surface area contributed by atoms with E-state index in [1.54, 1.807) is 18.3 Å². The van der Waals surface area contributed by atoms with E-state index in [0.29, 0.717) is 12.0 Å². The second-order valence-electron chi connectivity index (χ2n) is 4.34. The molecule has 1 aromatic heterocycles. The molecule has 1 atom stereocenters. The van der Waals surface area contributed by atoms with Gasteiger partial charge in [0.05, 0.1) is 11.8 Å². The lowest BCUT2D eigenvalue weighted by atomic mass is 9.82. The van der Waals surface area contributed by atoms with Crippen LogP contribution in [0.25, 0.3) is 0 Å². The van der Waals surface area contributed by atoms with Crippen LogP contribution in [-0.4, -0.2) is 16.0 Å². The van der Waals surface area contributed by atoms with Crippen molar-refractivity contribution in [3.8, 4) is 0 Å². The molecule has 0 fully saturated rings. The Kier molecular flexibility index (Phi) is 2.28. The van der Waals surface area contributed by atoms with Gasteiger partial charge in [-0.3, -0.25) is 9.89 Å². The van der Waals surface area contributed by atoms with Crippen molar-refractivity contribution < 1.29 is 9.18 Å². The van der Waals surface area contributed by atoms with E-state index in [1.807, 2.05) is 0 Å². The monoisotopic (exact) mass is 230 g/mol. The number of carbonyl (C=O) groups excluding carboxylic acids is 1. The third-order valence-electron chi connectivity index (χ3n) is 3.24. The molecule has 2 aromatic rings. The molecular formula is C13H11FN2O. The first kappa shape index (κ1) is 10.2. The fourth-order valence-corrected chi connectivity index (χ4v) is 2.33. The molecule has 0 saturated heterocycles. The summed E-state index contributed by atoms with van der Waals surface area (Å²) in [7, 11) is 0. The van der Waals surface area contributed by atoms with Gasteiger partial charge < -0.3 is 0 Å². The van der Waals surface area contributed by atoms with Gasteiger partial charge in [0.1, 0.15) is 5.82 Å². The highest BCUT2D eigenvalue weighted by atomic mass is 19.1. The van der Waals surface area contributed by atoms with Crippen molar-refractivity contribution in [2.45, 2.75) is 18.8 Å². The number of aromatic nitrogens is 2. The van der Waals surface area contributed by atoms with Crippen LogP contribution in [0.5, 0.6) is 0 Å². The highest BCUT2D eigenvalue weighted by Crippen LogP contribution is 2.31. The van der Waals surface area contributed by atoms with Crippen molar-refractivity contribution in [1.29, 1.82) is 0 Å². The highest BCUT2D eigenvalue weighted by molar-refractivity contribution is 5.98. The summed E-state index contributed by atoms with van der Waals surface area (Å²) in [6.45, 7) is 0. The largest absolute Gasteiger partial charge is 0.294 e. The van der Waals surface area contributed by atoms with E-state index in [-0.39, 0.29) is 17.5 Å². The Morgan fingerprint density at radius 3 is 2.76 bits per heavy atom. The van der Waals surface area contributed by atoms with E-state index in [2.05, 4.69) is 10.2 Å². The molecule has 1 N–H and O–H groups in total. The van der Waals surface area contributed by atoms with Crippen LogP contribution in [0.2, 0.25) is 0 Å². The minimum absolute atomic E-state index is 0.106. The van der Waals surface area contributed by atoms with E-state index in [1.165, 1.54) is 12.1 Å². The van der Waals surface area contributed by atoms with Gasteiger partial charge in [-0.1, -0.05) is 12.1 Å². The summed E-state index contributed by atoms with van der Waals surface area (Å²) < 4.78 is 12.8. The van der Waals surface area contributed by atoms with Gasteiger partial charge >= 0.3 is 0 Å². The standard InChI is InChI=1S/C13H11FN2O/c14-10-3-1-8(2-4-10)9-5-12-11(7-15-16-12)13(17)6-9/h1-4,7,9H,5-6H2,(H,15,16)/t9-/m1/s1. The molecule has 0 amide bonds. The number of carbonyl (C=O) groups is 1. The van der Waals surface area contributed by atoms with Crippen LogP contribution in [0.15, 0.2) is 30.5 Å². The Morgan fingerprint density at radius 2 is 2.00 bits per heavy atom. The molecule has 3 rings (SSSR count). The number of nitrogens with one attached hydrogen (secondary N) is 1. The molecule has 0 bridgehead atoms. The van der Waals surface area contributed by atoms with Crippen LogP contribution < -0.4 is 0 Å². The summed E-state index contributed by atoms with van der Waals surface area (Å²) in [6, 6.07) is 6.36. The summed E-state index contributed by atoms with van der Waals surface area (Å²) in [5.74, 6) is -0.0245. The molecule has 3 nitrogen and oxygen atoms in total. The Labute approximate surface area is 97.7 Å². The Hall–Kier alpha value is -1.97. The first-order valence-electron chi connectivity index (χ1n) is 5.55. The van der Waals surface area contributed by atoms with Gasteiger partial charge in [0.2, 0.25) is 0 Å². The third-order valence-corrected chi connectivity index (χ3v) is 3.24. The number of Topliss-reactive ketones (excluding diaryl/α,β-unsaturated/α-hetero) is 1. The minimum Gasteiger partial charge on any atom is -0.294 e. The van der Waals surface area contributed by atoms with Crippen molar-refractivity contribution in [3.63, 3.8) is 0 Å². The first-order chi connectivity index (χ1) is 8.24. The van der Waals surface area contributed by atoms with Crippen molar-refractivity contribution in [3.05, 3.63) is 53.1 Å². The maximum Gasteiger partial charge on any atom is 0.166 e. The molecule has 0 aliphatic heterocycles. The number of halogens is 1. The molecular weight excluding hydrogens is 219 g/mol. The summed E-state index contributed by atoms with van der Waals surface area (Å²) in [5, 5.41) is 6.74. The second-order valence-corrected chi connectivity index (χ2v) is 4.34. The molecule has 0 spiro atoms. The van der Waals surface area contributed by atoms with Gasteiger partial charge in [-0.25, -0.2) is 4.39 Å². The normalized spacial score (nSPS) is 19.1. The van der Waals surface area contributed by atoms with Crippen molar-refractivity contribution in [2.75, 3.05) is 0 Å². The van der Waals surface area contributed by atoms with Gasteiger partial charge in [0.25, 0.3) is 0 Å². The minimum atomic E-state index is -0.252. The maximum absolute atomic E-state index is 12.8. The van der Waals surface area contributed by atoms with Crippen LogP contribution in [0.4, 0.5) is 4.39 Å². The van der Waals surface area contributed by atoms with Crippen LogP contribution in [-0.2, 0) is 6.42 Å². The number of fused-ring (bicyclic) bond motifs is 1. The zero-order valence-corrected chi connectivity index (χ0v) is 9.11. The van der Waals surface area contributed by atoms with Crippen LogP contribution in [0, 0.1) is 5.82 Å². The lowest BCUT2D eigenvalue weighted by Gasteiger charge is -2.20. The Bertz CT molecular complexity index is 559. The topological polar surface area (TPSA) is 45.8 Å². The molecule has 86 valence electrons. The van der Waals surface area contributed by atoms with E-state index in [0.717, 1.165) is 17.7 Å². The fraction of sp³-hybridized carbons (Fsp3) is 0.231. The number of ketones is 1. The SMILES string of the molecule is O=C1C[C@H](c2ccc(F)cc2)Cc2[nH]ncc21. The maximum atomic E-state index is 12.8. The molecule has 0 unspecified atom stereocenters. The van der Waals surface area contributed by atoms with E-state index in [4.69, 9.17) is 0 Å². The number of rotatable bonds is 1. The molecule has 17 heavy (non-hydrogen) atoms. The van der Waals surface area contributed by atoms with E-state index >= 15 is 0 Å². The molecule has 1 aliphatic carbocycles. The summed E-state index contributed by atoms with van der Waals surface area (Å²) in [5.41, 5.74) is 2.58. The van der Waals surface area contributed by atoms with Gasteiger partial charge in [-0.15, -0.1) is 0 Å². The van der Waals surface area contributed by atoms with Crippen LogP contribution in [0.1, 0.15) is 34.0 Å². The number of H-pyrrole nitrogens is 1. The Morgan fingerprint density at radius 1 is 1.24 bits per heavy atom. The zero-order valence-electron chi connectivity index (χ0n) is 9.11. The molecule has 0 radical (unpaired) electrons. The number of hydrogen-bond donors (Lipinski definition) is 1. The van der Waals surface area contributed by atoms with Crippen LogP contribution >= 0.6 is 0 Å². The third kappa shape index (κ3) is 1.75. The van der Waals surface area contributed by atoms with Gasteiger partial charge in [0, 0.05) is 12.1 Å². The van der Waals surface area contributed by atoms with Gasteiger partial charge in [-0.05, 0) is 30.0 Å². The lowest BCUT2D eigenvalue weighted by molar-refractivity contribution is 0.0964. The molecule has 1 heterocycles. The average Bonchev–Trinajstić information content (AvgIpc) is 2.78. The summed E-state index contributed by atoms with van der Waals surface area (Å²) in [4.78, 5) is 11.9. The van der Waals surface area contributed by atoms with Crippen molar-refractivity contribution in [2.24, 2.45) is 0 Å². The molecule has 0 saturated carbocycles. The van der Waals surface area contributed by atoms with Crippen molar-refractivity contribution in [1.82, 2.24) is 10.2 Å². The van der Waals surface area contributed by atoms with Gasteiger partial charge in [0.15, 0.2) is 5.78 Å².